The van der Waals surface area contributed by atoms with Crippen molar-refractivity contribution in [2.75, 3.05) is 6.54 Å². The van der Waals surface area contributed by atoms with E-state index >= 15 is 0 Å². The summed E-state index contributed by atoms with van der Waals surface area (Å²) in [5.41, 5.74) is 2.40. The predicted molar refractivity (Wildman–Crippen MR) is 107 cm³/mol. The van der Waals surface area contributed by atoms with Crippen LogP contribution in [0, 0.1) is 5.92 Å². The summed E-state index contributed by atoms with van der Waals surface area (Å²) < 4.78 is 1.83. The SMILES string of the molecule is O=C(NCC1CCC(c2ccccc2)CC1)c1nccn1-c1ccccc1. The van der Waals surface area contributed by atoms with Crippen LogP contribution in [0.4, 0.5) is 0 Å². The molecule has 0 bridgehead atoms. The molecule has 2 aromatic carbocycles. The van der Waals surface area contributed by atoms with Crippen LogP contribution in [0.5, 0.6) is 0 Å². The molecule has 4 nitrogen and oxygen atoms in total. The van der Waals surface area contributed by atoms with Crippen LogP contribution < -0.4 is 5.32 Å². The Bertz CT molecular complexity index is 865. The van der Waals surface area contributed by atoms with Gasteiger partial charge in [0.1, 0.15) is 0 Å². The fourth-order valence-electron chi connectivity index (χ4n) is 4.01. The lowest BCUT2D eigenvalue weighted by Crippen LogP contribution is -2.32. The Morgan fingerprint density at radius 3 is 2.33 bits per heavy atom. The second kappa shape index (κ2) is 8.21. The smallest absolute Gasteiger partial charge is 0.287 e. The molecule has 0 saturated heterocycles. The maximum absolute atomic E-state index is 12.6. The van der Waals surface area contributed by atoms with Crippen molar-refractivity contribution in [2.45, 2.75) is 31.6 Å². The van der Waals surface area contributed by atoms with Gasteiger partial charge < -0.3 is 5.32 Å². The minimum absolute atomic E-state index is 0.103. The molecule has 1 fully saturated rings. The molecule has 0 aliphatic heterocycles. The molecule has 1 amide bonds. The summed E-state index contributed by atoms with van der Waals surface area (Å²) in [6.07, 6.45) is 8.22. The third-order valence-electron chi connectivity index (χ3n) is 5.55. The highest BCUT2D eigenvalue weighted by Crippen LogP contribution is 2.35. The highest BCUT2D eigenvalue weighted by atomic mass is 16.2. The number of imidazole rings is 1. The zero-order valence-electron chi connectivity index (χ0n) is 15.4. The molecule has 1 aliphatic rings. The zero-order chi connectivity index (χ0) is 18.5. The van der Waals surface area contributed by atoms with E-state index in [4.69, 9.17) is 0 Å². The van der Waals surface area contributed by atoms with E-state index in [2.05, 4.69) is 40.6 Å². The number of carbonyl (C=O) groups is 1. The van der Waals surface area contributed by atoms with Crippen molar-refractivity contribution in [1.82, 2.24) is 14.9 Å². The highest BCUT2D eigenvalue weighted by Gasteiger charge is 2.23. The van der Waals surface area contributed by atoms with Crippen molar-refractivity contribution in [2.24, 2.45) is 5.92 Å². The fourth-order valence-corrected chi connectivity index (χ4v) is 4.01. The molecule has 1 heterocycles. The largest absolute Gasteiger partial charge is 0.349 e. The molecule has 0 atom stereocenters. The van der Waals surface area contributed by atoms with Gasteiger partial charge in [0.2, 0.25) is 5.82 Å². The number of carbonyl (C=O) groups excluding carboxylic acids is 1. The first-order chi connectivity index (χ1) is 13.3. The van der Waals surface area contributed by atoms with E-state index < -0.39 is 0 Å². The summed E-state index contributed by atoms with van der Waals surface area (Å²) in [5.74, 6) is 1.55. The standard InChI is InChI=1S/C23H25N3O/c27-23(22-24-15-16-26(22)21-9-5-2-6-10-21)25-17-18-11-13-20(14-12-18)19-7-3-1-4-8-19/h1-10,15-16,18,20H,11-14,17H2,(H,25,27). The lowest BCUT2D eigenvalue weighted by atomic mass is 9.79. The first-order valence-corrected chi connectivity index (χ1v) is 9.73. The summed E-state index contributed by atoms with van der Waals surface area (Å²) in [5, 5.41) is 3.10. The van der Waals surface area contributed by atoms with Gasteiger partial charge in [-0.15, -0.1) is 0 Å². The van der Waals surface area contributed by atoms with Crippen molar-refractivity contribution in [3.63, 3.8) is 0 Å². The summed E-state index contributed by atoms with van der Waals surface area (Å²) in [4.78, 5) is 16.9. The van der Waals surface area contributed by atoms with Crippen molar-refractivity contribution in [3.8, 4) is 5.69 Å². The van der Waals surface area contributed by atoms with E-state index in [1.165, 1.54) is 18.4 Å². The van der Waals surface area contributed by atoms with Gasteiger partial charge in [-0.25, -0.2) is 4.98 Å². The van der Waals surface area contributed by atoms with Gasteiger partial charge in [-0.2, -0.15) is 0 Å². The van der Waals surface area contributed by atoms with Crippen molar-refractivity contribution >= 4 is 5.91 Å². The Morgan fingerprint density at radius 1 is 0.963 bits per heavy atom. The Balaban J connectivity index is 1.32. The van der Waals surface area contributed by atoms with Crippen LogP contribution in [-0.4, -0.2) is 22.0 Å². The third kappa shape index (κ3) is 4.11. The molecule has 1 aliphatic carbocycles. The summed E-state index contributed by atoms with van der Waals surface area (Å²) in [6, 6.07) is 20.6. The molecule has 1 aromatic heterocycles. The minimum Gasteiger partial charge on any atom is -0.349 e. The number of rotatable bonds is 5. The van der Waals surface area contributed by atoms with Crippen molar-refractivity contribution < 1.29 is 4.79 Å². The van der Waals surface area contributed by atoms with Gasteiger partial charge >= 0.3 is 0 Å². The van der Waals surface area contributed by atoms with Crippen molar-refractivity contribution in [1.29, 1.82) is 0 Å². The second-order valence-corrected chi connectivity index (χ2v) is 7.29. The maximum atomic E-state index is 12.6. The Hall–Kier alpha value is -2.88. The van der Waals surface area contributed by atoms with E-state index in [0.717, 1.165) is 25.1 Å². The number of aromatic nitrogens is 2. The van der Waals surface area contributed by atoms with Crippen LogP contribution >= 0.6 is 0 Å². The van der Waals surface area contributed by atoms with Crippen LogP contribution in [0.3, 0.4) is 0 Å². The molecule has 4 rings (SSSR count). The molecule has 138 valence electrons. The summed E-state index contributed by atoms with van der Waals surface area (Å²) in [6.45, 7) is 0.724. The average Bonchev–Trinajstić information content (AvgIpc) is 3.24. The molecule has 4 heteroatoms. The third-order valence-corrected chi connectivity index (χ3v) is 5.55. The Morgan fingerprint density at radius 2 is 1.63 bits per heavy atom. The zero-order valence-corrected chi connectivity index (χ0v) is 15.4. The van der Waals surface area contributed by atoms with Gasteiger partial charge in [0.25, 0.3) is 5.91 Å². The topological polar surface area (TPSA) is 46.9 Å². The van der Waals surface area contributed by atoms with Gasteiger partial charge in [0.05, 0.1) is 0 Å². The number of para-hydroxylation sites is 1. The number of nitrogens with one attached hydrogen (secondary N) is 1. The van der Waals surface area contributed by atoms with E-state index in [1.54, 1.807) is 6.20 Å². The van der Waals surface area contributed by atoms with Crippen LogP contribution in [0.1, 0.15) is 47.8 Å². The van der Waals surface area contributed by atoms with Crippen LogP contribution in [0.25, 0.3) is 5.69 Å². The van der Waals surface area contributed by atoms with Crippen molar-refractivity contribution in [3.05, 3.63) is 84.4 Å². The Labute approximate surface area is 160 Å². The van der Waals surface area contributed by atoms with Gasteiger partial charge in [0.15, 0.2) is 0 Å². The van der Waals surface area contributed by atoms with E-state index in [-0.39, 0.29) is 5.91 Å². The highest BCUT2D eigenvalue weighted by molar-refractivity contribution is 5.91. The molecule has 0 spiro atoms. The second-order valence-electron chi connectivity index (χ2n) is 7.29. The van der Waals surface area contributed by atoms with Gasteiger partial charge in [-0.05, 0) is 55.2 Å². The minimum atomic E-state index is -0.103. The summed E-state index contributed by atoms with van der Waals surface area (Å²) >= 11 is 0. The molecular formula is C23H25N3O. The molecule has 27 heavy (non-hydrogen) atoms. The first kappa shape index (κ1) is 17.5. The Kier molecular flexibility index (Phi) is 5.33. The molecule has 0 unspecified atom stereocenters. The molecule has 0 radical (unpaired) electrons. The van der Waals surface area contributed by atoms with E-state index in [9.17, 15) is 4.79 Å². The normalized spacial score (nSPS) is 19.6. The number of benzene rings is 2. The average molecular weight is 359 g/mol. The fraction of sp³-hybridized carbons (Fsp3) is 0.304. The number of nitrogens with zero attached hydrogens (tertiary/aromatic N) is 2. The van der Waals surface area contributed by atoms with E-state index in [1.807, 2.05) is 41.1 Å². The number of hydrogen-bond acceptors (Lipinski definition) is 2. The van der Waals surface area contributed by atoms with E-state index in [0.29, 0.717) is 17.7 Å². The molecule has 3 aromatic rings. The summed E-state index contributed by atoms with van der Waals surface area (Å²) in [7, 11) is 0. The molecule has 1 N–H and O–H groups in total. The predicted octanol–water partition coefficient (Wildman–Crippen LogP) is 4.58. The molecular weight excluding hydrogens is 334 g/mol. The van der Waals surface area contributed by atoms with Crippen LogP contribution in [0.2, 0.25) is 0 Å². The van der Waals surface area contributed by atoms with Gasteiger partial charge in [0, 0.05) is 24.6 Å². The molecule has 1 saturated carbocycles. The number of amides is 1. The van der Waals surface area contributed by atoms with Crippen LogP contribution in [-0.2, 0) is 0 Å². The quantitative estimate of drug-likeness (QED) is 0.725. The first-order valence-electron chi connectivity index (χ1n) is 9.73. The maximum Gasteiger partial charge on any atom is 0.287 e. The lowest BCUT2D eigenvalue weighted by molar-refractivity contribution is 0.0931. The lowest BCUT2D eigenvalue weighted by Gasteiger charge is -2.28. The van der Waals surface area contributed by atoms with Gasteiger partial charge in [-0.1, -0.05) is 48.5 Å². The monoisotopic (exact) mass is 359 g/mol. The van der Waals surface area contributed by atoms with Crippen LogP contribution in [0.15, 0.2) is 73.1 Å². The number of hydrogen-bond donors (Lipinski definition) is 1. The van der Waals surface area contributed by atoms with Gasteiger partial charge in [-0.3, -0.25) is 9.36 Å².